The summed E-state index contributed by atoms with van der Waals surface area (Å²) in [5, 5.41) is 3.57. The van der Waals surface area contributed by atoms with E-state index in [1.165, 1.54) is 6.92 Å². The van der Waals surface area contributed by atoms with Crippen LogP contribution in [0.1, 0.15) is 36.0 Å². The summed E-state index contributed by atoms with van der Waals surface area (Å²) in [5.41, 5.74) is 5.93. The molecular weight excluding hydrogens is 418 g/mol. The minimum atomic E-state index is -0.349. The molecule has 166 valence electrons. The summed E-state index contributed by atoms with van der Waals surface area (Å²) in [6.07, 6.45) is -0.349. The number of imidazole rings is 1. The van der Waals surface area contributed by atoms with Gasteiger partial charge in [0.05, 0.1) is 22.8 Å². The van der Waals surface area contributed by atoms with Gasteiger partial charge >= 0.3 is 5.97 Å². The summed E-state index contributed by atoms with van der Waals surface area (Å²) in [6.45, 7) is 4.28. The molecule has 7 heteroatoms. The summed E-state index contributed by atoms with van der Waals surface area (Å²) in [5.74, 6) is 2.21. The number of aryl methyl sites for hydroxylation is 1. The van der Waals surface area contributed by atoms with E-state index in [0.29, 0.717) is 13.2 Å². The summed E-state index contributed by atoms with van der Waals surface area (Å²) >= 11 is 0. The lowest BCUT2D eigenvalue weighted by Gasteiger charge is -2.15. The van der Waals surface area contributed by atoms with Gasteiger partial charge in [0.1, 0.15) is 30.5 Å². The van der Waals surface area contributed by atoms with E-state index >= 15 is 0 Å². The highest BCUT2D eigenvalue weighted by Gasteiger charge is 2.30. The average molecular weight is 441 g/mol. The van der Waals surface area contributed by atoms with Gasteiger partial charge < -0.3 is 19.5 Å². The number of esters is 1. The van der Waals surface area contributed by atoms with Crippen LogP contribution in [-0.2, 0) is 9.53 Å². The van der Waals surface area contributed by atoms with E-state index in [9.17, 15) is 4.79 Å². The van der Waals surface area contributed by atoms with E-state index < -0.39 is 0 Å². The van der Waals surface area contributed by atoms with Crippen LogP contribution in [-0.4, -0.2) is 28.7 Å². The Bertz CT molecular complexity index is 1390. The first kappa shape index (κ1) is 19.7. The number of nitrogens with one attached hydrogen (secondary N) is 1. The molecule has 2 atom stereocenters. The number of nitrogens with zero attached hydrogens (tertiary/aromatic N) is 2. The van der Waals surface area contributed by atoms with Crippen LogP contribution in [0.4, 0.5) is 5.69 Å². The number of ether oxygens (including phenoxy) is 3. The van der Waals surface area contributed by atoms with Crippen molar-refractivity contribution in [1.82, 2.24) is 9.55 Å². The van der Waals surface area contributed by atoms with Gasteiger partial charge in [-0.15, -0.1) is 0 Å². The topological polar surface area (TPSA) is 74.6 Å². The van der Waals surface area contributed by atoms with Crippen LogP contribution in [0.5, 0.6) is 11.5 Å². The monoisotopic (exact) mass is 441 g/mol. The van der Waals surface area contributed by atoms with Crippen LogP contribution >= 0.6 is 0 Å². The molecule has 0 unspecified atom stereocenters. The van der Waals surface area contributed by atoms with E-state index in [0.717, 1.165) is 50.9 Å². The normalized spacial score (nSPS) is 18.4. The highest BCUT2D eigenvalue weighted by Crippen LogP contribution is 2.42. The first-order chi connectivity index (χ1) is 16.1. The van der Waals surface area contributed by atoms with Gasteiger partial charge in [-0.2, -0.15) is 0 Å². The van der Waals surface area contributed by atoms with Crippen LogP contribution in [0, 0.1) is 6.92 Å². The van der Waals surface area contributed by atoms with Gasteiger partial charge in [0.25, 0.3) is 0 Å². The minimum absolute atomic E-state index is 0.00115. The van der Waals surface area contributed by atoms with Crippen molar-refractivity contribution >= 4 is 22.7 Å². The number of benzene rings is 3. The zero-order chi connectivity index (χ0) is 22.5. The fraction of sp³-hybridized carbons (Fsp3) is 0.231. The van der Waals surface area contributed by atoms with Gasteiger partial charge in [-0.05, 0) is 37.3 Å². The van der Waals surface area contributed by atoms with E-state index in [4.69, 9.17) is 19.2 Å². The number of hydrogen-bond acceptors (Lipinski definition) is 6. The van der Waals surface area contributed by atoms with Gasteiger partial charge in [0.2, 0.25) is 0 Å². The molecule has 2 aliphatic rings. The Labute approximate surface area is 190 Å². The number of carbonyl (C=O) groups excluding carboxylic acids is 1. The third-order valence-corrected chi connectivity index (χ3v) is 6.16. The maximum absolute atomic E-state index is 11.3. The second kappa shape index (κ2) is 7.55. The molecule has 0 saturated heterocycles. The van der Waals surface area contributed by atoms with E-state index in [1.54, 1.807) is 0 Å². The Morgan fingerprint density at radius 1 is 1.06 bits per heavy atom. The third-order valence-electron chi connectivity index (χ3n) is 6.16. The summed E-state index contributed by atoms with van der Waals surface area (Å²) in [7, 11) is 0. The number of fused-ring (bicyclic) bond motifs is 3. The average Bonchev–Trinajstić information content (AvgIpc) is 3.48. The molecule has 3 heterocycles. The largest absolute Gasteiger partial charge is 0.489 e. The lowest BCUT2D eigenvalue weighted by molar-refractivity contribution is -0.147. The van der Waals surface area contributed by atoms with Crippen LogP contribution < -0.4 is 14.8 Å². The summed E-state index contributed by atoms with van der Waals surface area (Å²) in [6, 6.07) is 20.2. The first-order valence-corrected chi connectivity index (χ1v) is 11.0. The van der Waals surface area contributed by atoms with Crippen molar-refractivity contribution in [3.05, 3.63) is 77.6 Å². The van der Waals surface area contributed by atoms with Crippen molar-refractivity contribution in [1.29, 1.82) is 0 Å². The van der Waals surface area contributed by atoms with Crippen LogP contribution in [0.3, 0.4) is 0 Å². The number of anilines is 1. The van der Waals surface area contributed by atoms with Gasteiger partial charge in [-0.3, -0.25) is 9.36 Å². The molecule has 3 aromatic carbocycles. The van der Waals surface area contributed by atoms with Gasteiger partial charge in [-0.25, -0.2) is 4.98 Å². The Hall–Kier alpha value is -4.00. The zero-order valence-corrected chi connectivity index (χ0v) is 18.4. The molecule has 0 fully saturated rings. The summed E-state index contributed by atoms with van der Waals surface area (Å²) < 4.78 is 19.4. The molecule has 4 aromatic rings. The molecule has 0 saturated carbocycles. The second-order valence-electron chi connectivity index (χ2n) is 8.35. The van der Waals surface area contributed by atoms with Crippen LogP contribution in [0.2, 0.25) is 0 Å². The number of rotatable bonds is 4. The molecule has 33 heavy (non-hydrogen) atoms. The molecule has 0 bridgehead atoms. The molecule has 0 aliphatic carbocycles. The zero-order valence-electron chi connectivity index (χ0n) is 18.4. The molecule has 0 spiro atoms. The molecule has 2 aliphatic heterocycles. The van der Waals surface area contributed by atoms with Crippen molar-refractivity contribution < 1.29 is 19.0 Å². The SMILES string of the molecule is CC(=O)O[C@@H]1COc2cc(N[C@@H]3COc4c3cccc4-n3c(C)nc4ccccc43)ccc21. The molecule has 6 rings (SSSR count). The Kier molecular flexibility index (Phi) is 4.50. The third kappa shape index (κ3) is 3.28. The molecular formula is C26H23N3O4. The van der Waals surface area contributed by atoms with Crippen LogP contribution in [0.25, 0.3) is 16.7 Å². The van der Waals surface area contributed by atoms with Crippen LogP contribution in [0.15, 0.2) is 60.7 Å². The van der Waals surface area contributed by atoms with E-state index in [2.05, 4.69) is 34.1 Å². The number of hydrogen-bond donors (Lipinski definition) is 1. The molecule has 0 radical (unpaired) electrons. The van der Waals surface area contributed by atoms with Crippen molar-refractivity contribution in [2.45, 2.75) is 26.0 Å². The molecule has 0 amide bonds. The maximum atomic E-state index is 11.3. The number of aromatic nitrogens is 2. The predicted molar refractivity (Wildman–Crippen MR) is 124 cm³/mol. The molecule has 1 aromatic heterocycles. The van der Waals surface area contributed by atoms with Gasteiger partial charge in [-0.1, -0.05) is 24.3 Å². The lowest BCUT2D eigenvalue weighted by Crippen LogP contribution is -2.12. The molecule has 1 N–H and O–H groups in total. The van der Waals surface area contributed by atoms with Crippen molar-refractivity contribution in [2.75, 3.05) is 18.5 Å². The number of para-hydroxylation sites is 3. The van der Waals surface area contributed by atoms with Crippen molar-refractivity contribution in [3.63, 3.8) is 0 Å². The number of carbonyl (C=O) groups is 1. The fourth-order valence-electron chi connectivity index (χ4n) is 4.75. The lowest BCUT2D eigenvalue weighted by atomic mass is 10.1. The second-order valence-corrected chi connectivity index (χ2v) is 8.35. The van der Waals surface area contributed by atoms with Crippen molar-refractivity contribution in [3.8, 4) is 17.2 Å². The highest BCUT2D eigenvalue weighted by atomic mass is 16.6. The first-order valence-electron chi connectivity index (χ1n) is 11.0. The van der Waals surface area contributed by atoms with Gasteiger partial charge in [0.15, 0.2) is 6.10 Å². The Balaban J connectivity index is 1.30. The maximum Gasteiger partial charge on any atom is 0.303 e. The standard InChI is InChI=1S/C26H23N3O4/c1-15-27-20-7-3-4-8-22(20)29(15)23-9-5-6-18-21(13-32-26(18)23)28-17-10-11-19-24(12-17)31-14-25(19)33-16(2)30/h3-12,21,25,28H,13-14H2,1-2H3/t21-,25-/m1/s1. The fourth-order valence-corrected chi connectivity index (χ4v) is 4.75. The minimum Gasteiger partial charge on any atom is -0.489 e. The van der Waals surface area contributed by atoms with E-state index in [-0.39, 0.29) is 18.1 Å². The summed E-state index contributed by atoms with van der Waals surface area (Å²) in [4.78, 5) is 16.0. The predicted octanol–water partition coefficient (Wildman–Crippen LogP) is 4.88. The quantitative estimate of drug-likeness (QED) is 0.455. The van der Waals surface area contributed by atoms with Gasteiger partial charge in [0, 0.05) is 29.8 Å². The Morgan fingerprint density at radius 3 is 2.82 bits per heavy atom. The Morgan fingerprint density at radius 2 is 1.94 bits per heavy atom. The smallest absolute Gasteiger partial charge is 0.303 e. The van der Waals surface area contributed by atoms with E-state index in [1.807, 2.05) is 43.3 Å². The van der Waals surface area contributed by atoms with Crippen molar-refractivity contribution in [2.24, 2.45) is 0 Å². The molecule has 7 nitrogen and oxygen atoms in total. The highest BCUT2D eigenvalue weighted by molar-refractivity contribution is 5.79.